The van der Waals surface area contributed by atoms with Crippen LogP contribution in [-0.2, 0) is 6.54 Å². The smallest absolute Gasteiger partial charge is 0.158 e. The van der Waals surface area contributed by atoms with E-state index in [1.165, 1.54) is 5.56 Å². The number of hydrogen-bond acceptors (Lipinski definition) is 4. The van der Waals surface area contributed by atoms with E-state index in [9.17, 15) is 0 Å². The Morgan fingerprint density at radius 2 is 1.79 bits per heavy atom. The van der Waals surface area contributed by atoms with Gasteiger partial charge in [-0.15, -0.1) is 0 Å². The van der Waals surface area contributed by atoms with Crippen molar-refractivity contribution in [1.82, 2.24) is 19.6 Å². The molecule has 24 heavy (non-hydrogen) atoms. The SMILES string of the molecule is Cc1cc2nc(-c3ccccc3)cc(NCc3ccncc3)n2n1. The van der Waals surface area contributed by atoms with Crippen molar-refractivity contribution >= 4 is 11.5 Å². The highest BCUT2D eigenvalue weighted by atomic mass is 15.3. The van der Waals surface area contributed by atoms with Crippen LogP contribution in [0.15, 0.2) is 67.0 Å². The van der Waals surface area contributed by atoms with Gasteiger partial charge < -0.3 is 5.32 Å². The maximum atomic E-state index is 4.73. The third kappa shape index (κ3) is 2.84. The zero-order valence-corrected chi connectivity index (χ0v) is 13.3. The quantitative estimate of drug-likeness (QED) is 0.624. The Balaban J connectivity index is 1.75. The van der Waals surface area contributed by atoms with Gasteiger partial charge in [-0.05, 0) is 24.6 Å². The Labute approximate surface area is 140 Å². The van der Waals surface area contributed by atoms with Crippen molar-refractivity contribution in [3.8, 4) is 11.3 Å². The van der Waals surface area contributed by atoms with Crippen molar-refractivity contribution in [3.05, 3.63) is 78.2 Å². The van der Waals surface area contributed by atoms with Gasteiger partial charge in [-0.3, -0.25) is 4.98 Å². The third-order valence-corrected chi connectivity index (χ3v) is 3.84. The number of benzene rings is 1. The molecular weight excluding hydrogens is 298 g/mol. The molecular formula is C19H17N5. The highest BCUT2D eigenvalue weighted by Crippen LogP contribution is 2.23. The number of anilines is 1. The summed E-state index contributed by atoms with van der Waals surface area (Å²) in [6, 6.07) is 18.2. The third-order valence-electron chi connectivity index (χ3n) is 3.84. The van der Waals surface area contributed by atoms with Gasteiger partial charge in [-0.2, -0.15) is 9.61 Å². The Morgan fingerprint density at radius 1 is 1.00 bits per heavy atom. The van der Waals surface area contributed by atoms with Crippen LogP contribution in [0.1, 0.15) is 11.3 Å². The fourth-order valence-electron chi connectivity index (χ4n) is 2.67. The molecule has 0 spiro atoms. The van der Waals surface area contributed by atoms with Gasteiger partial charge in [-0.1, -0.05) is 30.3 Å². The van der Waals surface area contributed by atoms with Crippen LogP contribution in [0.5, 0.6) is 0 Å². The molecule has 118 valence electrons. The van der Waals surface area contributed by atoms with E-state index in [4.69, 9.17) is 4.98 Å². The first-order valence-electron chi connectivity index (χ1n) is 7.85. The summed E-state index contributed by atoms with van der Waals surface area (Å²) in [4.78, 5) is 8.78. The number of aryl methyl sites for hydroxylation is 1. The minimum atomic E-state index is 0.703. The molecule has 4 aromatic rings. The van der Waals surface area contributed by atoms with Gasteiger partial charge >= 0.3 is 0 Å². The molecule has 0 saturated carbocycles. The monoisotopic (exact) mass is 315 g/mol. The molecule has 0 saturated heterocycles. The molecule has 0 amide bonds. The van der Waals surface area contributed by atoms with Crippen LogP contribution < -0.4 is 5.32 Å². The van der Waals surface area contributed by atoms with Crippen molar-refractivity contribution < 1.29 is 0 Å². The van der Waals surface area contributed by atoms with Crippen LogP contribution in [0, 0.1) is 6.92 Å². The van der Waals surface area contributed by atoms with Gasteiger partial charge in [0.2, 0.25) is 0 Å². The summed E-state index contributed by atoms with van der Waals surface area (Å²) < 4.78 is 1.85. The Bertz CT molecular complexity index is 961. The first kappa shape index (κ1) is 14.4. The van der Waals surface area contributed by atoms with Gasteiger partial charge in [0, 0.05) is 36.6 Å². The van der Waals surface area contributed by atoms with Crippen LogP contribution in [0.2, 0.25) is 0 Å². The second kappa shape index (κ2) is 6.12. The average Bonchev–Trinajstić information content (AvgIpc) is 3.01. The molecule has 0 radical (unpaired) electrons. The van der Waals surface area contributed by atoms with Crippen molar-refractivity contribution in [1.29, 1.82) is 0 Å². The molecule has 0 aliphatic heterocycles. The summed E-state index contributed by atoms with van der Waals surface area (Å²) in [5, 5.41) is 8.00. The maximum Gasteiger partial charge on any atom is 0.158 e. The number of aromatic nitrogens is 4. The molecule has 4 rings (SSSR count). The lowest BCUT2D eigenvalue weighted by Crippen LogP contribution is -2.06. The van der Waals surface area contributed by atoms with Crippen molar-refractivity contribution in [2.24, 2.45) is 0 Å². The van der Waals surface area contributed by atoms with Crippen LogP contribution in [0.4, 0.5) is 5.82 Å². The van der Waals surface area contributed by atoms with Gasteiger partial charge in [0.25, 0.3) is 0 Å². The second-order valence-electron chi connectivity index (χ2n) is 5.66. The van der Waals surface area contributed by atoms with E-state index in [0.29, 0.717) is 6.54 Å². The summed E-state index contributed by atoms with van der Waals surface area (Å²) in [6.07, 6.45) is 3.60. The number of nitrogens with zero attached hydrogens (tertiary/aromatic N) is 4. The number of hydrogen-bond donors (Lipinski definition) is 1. The molecule has 3 aromatic heterocycles. The summed E-state index contributed by atoms with van der Waals surface area (Å²) in [5.41, 5.74) is 4.97. The van der Waals surface area contributed by atoms with Crippen LogP contribution in [0.25, 0.3) is 16.9 Å². The predicted octanol–water partition coefficient (Wildman–Crippen LogP) is 3.71. The van der Waals surface area contributed by atoms with Gasteiger partial charge in [0.05, 0.1) is 11.4 Å². The van der Waals surface area contributed by atoms with E-state index in [0.717, 1.165) is 28.4 Å². The molecule has 0 aliphatic carbocycles. The molecule has 0 aliphatic rings. The largest absolute Gasteiger partial charge is 0.366 e. The zero-order chi connectivity index (χ0) is 16.4. The van der Waals surface area contributed by atoms with Crippen molar-refractivity contribution in [2.75, 3.05) is 5.32 Å². The standard InChI is InChI=1S/C19H17N5/c1-14-11-19-22-17(16-5-3-2-4-6-16)12-18(24(19)23-14)21-13-15-7-9-20-10-8-15/h2-12,21H,13H2,1H3. The molecule has 0 unspecified atom stereocenters. The zero-order valence-electron chi connectivity index (χ0n) is 13.3. The van der Waals surface area contributed by atoms with E-state index < -0.39 is 0 Å². The molecule has 0 fully saturated rings. The Morgan fingerprint density at radius 3 is 2.58 bits per heavy atom. The molecule has 1 N–H and O–H groups in total. The Hall–Kier alpha value is -3.21. The number of pyridine rings is 1. The van der Waals surface area contributed by atoms with Crippen molar-refractivity contribution in [2.45, 2.75) is 13.5 Å². The first-order valence-corrected chi connectivity index (χ1v) is 7.85. The molecule has 5 heteroatoms. The molecule has 5 nitrogen and oxygen atoms in total. The highest BCUT2D eigenvalue weighted by molar-refractivity contribution is 5.66. The van der Waals surface area contributed by atoms with E-state index in [2.05, 4.69) is 27.5 Å². The van der Waals surface area contributed by atoms with Gasteiger partial charge in [-0.25, -0.2) is 4.98 Å². The summed E-state index contributed by atoms with van der Waals surface area (Å²) >= 11 is 0. The minimum Gasteiger partial charge on any atom is -0.366 e. The summed E-state index contributed by atoms with van der Waals surface area (Å²) in [6.45, 7) is 2.68. The maximum absolute atomic E-state index is 4.73. The molecule has 0 bridgehead atoms. The van der Waals surface area contributed by atoms with E-state index in [1.807, 2.05) is 53.9 Å². The van der Waals surface area contributed by atoms with Gasteiger partial charge in [0.15, 0.2) is 5.65 Å². The summed E-state index contributed by atoms with van der Waals surface area (Å²) in [7, 11) is 0. The average molecular weight is 315 g/mol. The van der Waals surface area contributed by atoms with Crippen LogP contribution >= 0.6 is 0 Å². The van der Waals surface area contributed by atoms with E-state index in [-0.39, 0.29) is 0 Å². The summed E-state index contributed by atoms with van der Waals surface area (Å²) in [5.74, 6) is 0.920. The molecule has 1 aromatic carbocycles. The van der Waals surface area contributed by atoms with Crippen molar-refractivity contribution in [3.63, 3.8) is 0 Å². The van der Waals surface area contributed by atoms with E-state index in [1.54, 1.807) is 12.4 Å². The van der Waals surface area contributed by atoms with Gasteiger partial charge in [0.1, 0.15) is 5.82 Å². The lowest BCUT2D eigenvalue weighted by atomic mass is 10.1. The number of fused-ring (bicyclic) bond motifs is 1. The normalized spacial score (nSPS) is 10.9. The van der Waals surface area contributed by atoms with Crippen LogP contribution in [0.3, 0.4) is 0 Å². The first-order chi connectivity index (χ1) is 11.8. The Kier molecular flexibility index (Phi) is 3.67. The van der Waals surface area contributed by atoms with Crippen LogP contribution in [-0.4, -0.2) is 19.6 Å². The molecule has 3 heterocycles. The minimum absolute atomic E-state index is 0.703. The number of nitrogens with one attached hydrogen (secondary N) is 1. The second-order valence-corrected chi connectivity index (χ2v) is 5.66. The lowest BCUT2D eigenvalue weighted by molar-refractivity contribution is 0.907. The van der Waals surface area contributed by atoms with E-state index >= 15 is 0 Å². The highest BCUT2D eigenvalue weighted by Gasteiger charge is 2.09. The predicted molar refractivity (Wildman–Crippen MR) is 94.7 cm³/mol. The topological polar surface area (TPSA) is 55.1 Å². The fourth-order valence-corrected chi connectivity index (χ4v) is 2.67. The lowest BCUT2D eigenvalue weighted by Gasteiger charge is -2.10. The molecule has 0 atom stereocenters. The number of rotatable bonds is 4. The fraction of sp³-hybridized carbons (Fsp3) is 0.105.